The maximum Gasteiger partial charge on any atom is 0.151 e. The van der Waals surface area contributed by atoms with Crippen LogP contribution in [0.3, 0.4) is 0 Å². The van der Waals surface area contributed by atoms with Crippen LogP contribution >= 0.6 is 15.9 Å². The van der Waals surface area contributed by atoms with Gasteiger partial charge in [0.05, 0.1) is 0 Å². The number of rotatable bonds is 4. The van der Waals surface area contributed by atoms with Crippen molar-refractivity contribution in [3.05, 3.63) is 58.3 Å². The van der Waals surface area contributed by atoms with Crippen LogP contribution in [-0.2, 0) is 6.61 Å². The summed E-state index contributed by atoms with van der Waals surface area (Å²) in [4.78, 5) is 14.8. The lowest BCUT2D eigenvalue weighted by molar-refractivity contribution is 0.112. The average Bonchev–Trinajstić information content (AvgIpc) is 2.39. The molecule has 0 atom stereocenters. The molecular formula is C13H10BrNO2. The third kappa shape index (κ3) is 3.14. The minimum Gasteiger partial charge on any atom is -0.489 e. The van der Waals surface area contributed by atoms with E-state index >= 15 is 0 Å². The van der Waals surface area contributed by atoms with Crippen molar-refractivity contribution >= 4 is 22.2 Å². The molecule has 0 aliphatic rings. The highest BCUT2D eigenvalue weighted by atomic mass is 79.9. The Morgan fingerprint density at radius 2 is 2.24 bits per heavy atom. The van der Waals surface area contributed by atoms with Gasteiger partial charge in [0.25, 0.3) is 0 Å². The zero-order valence-corrected chi connectivity index (χ0v) is 10.6. The van der Waals surface area contributed by atoms with Gasteiger partial charge in [-0.2, -0.15) is 0 Å². The highest BCUT2D eigenvalue weighted by Gasteiger charge is 2.01. The van der Waals surface area contributed by atoms with Crippen LogP contribution in [0, 0.1) is 0 Å². The Labute approximate surface area is 108 Å². The maximum atomic E-state index is 10.8. The minimum atomic E-state index is 0.438. The number of hydrogen-bond acceptors (Lipinski definition) is 3. The molecule has 0 fully saturated rings. The molecule has 0 aliphatic carbocycles. The number of benzene rings is 1. The van der Waals surface area contributed by atoms with E-state index in [-0.39, 0.29) is 0 Å². The number of carbonyl (C=O) groups is 1. The average molecular weight is 292 g/mol. The lowest BCUT2D eigenvalue weighted by Crippen LogP contribution is -1.96. The Balaban J connectivity index is 2.07. The van der Waals surface area contributed by atoms with E-state index in [0.29, 0.717) is 17.9 Å². The van der Waals surface area contributed by atoms with Crippen LogP contribution in [0.15, 0.2) is 47.2 Å². The molecule has 0 spiro atoms. The lowest BCUT2D eigenvalue weighted by atomic mass is 10.2. The third-order valence-electron chi connectivity index (χ3n) is 2.22. The summed E-state index contributed by atoms with van der Waals surface area (Å²) in [6.45, 7) is 0.438. The molecule has 1 aromatic carbocycles. The Morgan fingerprint density at radius 1 is 1.35 bits per heavy atom. The van der Waals surface area contributed by atoms with Crippen molar-refractivity contribution in [2.75, 3.05) is 0 Å². The molecule has 0 unspecified atom stereocenters. The predicted molar refractivity (Wildman–Crippen MR) is 68.1 cm³/mol. The first-order valence-electron chi connectivity index (χ1n) is 5.06. The van der Waals surface area contributed by atoms with Gasteiger partial charge < -0.3 is 4.74 Å². The van der Waals surface area contributed by atoms with E-state index in [2.05, 4.69) is 20.9 Å². The molecule has 2 rings (SSSR count). The molecular weight excluding hydrogens is 282 g/mol. The monoisotopic (exact) mass is 291 g/mol. The molecule has 0 bridgehead atoms. The number of halogens is 1. The summed E-state index contributed by atoms with van der Waals surface area (Å²) >= 11 is 3.29. The van der Waals surface area contributed by atoms with Gasteiger partial charge >= 0.3 is 0 Å². The number of nitrogens with zero attached hydrogens (tertiary/aromatic N) is 1. The molecule has 0 N–H and O–H groups in total. The fourth-order valence-electron chi connectivity index (χ4n) is 1.35. The van der Waals surface area contributed by atoms with Gasteiger partial charge in [0.1, 0.15) is 12.4 Å². The number of aldehydes is 1. The zero-order valence-electron chi connectivity index (χ0n) is 8.97. The topological polar surface area (TPSA) is 39.2 Å². The van der Waals surface area contributed by atoms with E-state index in [1.165, 1.54) is 0 Å². The van der Waals surface area contributed by atoms with Crippen molar-refractivity contribution in [1.29, 1.82) is 0 Å². The first-order chi connectivity index (χ1) is 8.29. The van der Waals surface area contributed by atoms with Gasteiger partial charge in [-0.05, 0) is 24.3 Å². The maximum absolute atomic E-state index is 10.8. The summed E-state index contributed by atoms with van der Waals surface area (Å²) in [6, 6.07) is 9.10. The Morgan fingerprint density at radius 3 is 2.94 bits per heavy atom. The van der Waals surface area contributed by atoms with Crippen molar-refractivity contribution < 1.29 is 9.53 Å². The van der Waals surface area contributed by atoms with Crippen LogP contribution in [0.2, 0.25) is 0 Å². The Kier molecular flexibility index (Phi) is 3.88. The standard InChI is InChI=1S/C13H10BrNO2/c14-13-4-3-12(6-11(13)8-16)17-9-10-2-1-5-15-7-10/h1-8H,9H2. The molecule has 0 radical (unpaired) electrons. The highest BCUT2D eigenvalue weighted by Crippen LogP contribution is 2.21. The van der Waals surface area contributed by atoms with Gasteiger partial charge in [-0.15, -0.1) is 0 Å². The molecule has 86 valence electrons. The Hall–Kier alpha value is -1.68. The highest BCUT2D eigenvalue weighted by molar-refractivity contribution is 9.10. The van der Waals surface area contributed by atoms with E-state index in [1.54, 1.807) is 24.5 Å². The predicted octanol–water partition coefficient (Wildman–Crippen LogP) is 3.24. The molecule has 0 amide bonds. The lowest BCUT2D eigenvalue weighted by Gasteiger charge is -2.07. The second-order valence-corrected chi connectivity index (χ2v) is 4.31. The van der Waals surface area contributed by atoms with Crippen molar-refractivity contribution in [3.63, 3.8) is 0 Å². The van der Waals surface area contributed by atoms with E-state index in [0.717, 1.165) is 16.3 Å². The number of aromatic nitrogens is 1. The van der Waals surface area contributed by atoms with Crippen LogP contribution in [-0.4, -0.2) is 11.3 Å². The first-order valence-corrected chi connectivity index (χ1v) is 5.85. The third-order valence-corrected chi connectivity index (χ3v) is 2.94. The summed E-state index contributed by atoms with van der Waals surface area (Å²) in [5, 5.41) is 0. The number of pyridine rings is 1. The SMILES string of the molecule is O=Cc1cc(OCc2cccnc2)ccc1Br. The van der Waals surface area contributed by atoms with E-state index in [4.69, 9.17) is 4.74 Å². The van der Waals surface area contributed by atoms with Crippen LogP contribution in [0.5, 0.6) is 5.75 Å². The summed E-state index contributed by atoms with van der Waals surface area (Å²) in [5.41, 5.74) is 1.57. The molecule has 1 heterocycles. The Bertz CT molecular complexity index is 514. The molecule has 3 nitrogen and oxygen atoms in total. The quantitative estimate of drug-likeness (QED) is 0.812. The molecule has 4 heteroatoms. The number of carbonyl (C=O) groups excluding carboxylic acids is 1. The van der Waals surface area contributed by atoms with Crippen molar-refractivity contribution in [1.82, 2.24) is 4.98 Å². The van der Waals surface area contributed by atoms with Gasteiger partial charge in [0, 0.05) is 28.0 Å². The van der Waals surface area contributed by atoms with Gasteiger partial charge in [-0.3, -0.25) is 9.78 Å². The number of hydrogen-bond donors (Lipinski definition) is 0. The normalized spacial score (nSPS) is 9.94. The van der Waals surface area contributed by atoms with Gasteiger partial charge in [0.2, 0.25) is 0 Å². The fraction of sp³-hybridized carbons (Fsp3) is 0.0769. The van der Waals surface area contributed by atoms with Gasteiger partial charge in [-0.25, -0.2) is 0 Å². The van der Waals surface area contributed by atoms with E-state index in [9.17, 15) is 4.79 Å². The van der Waals surface area contributed by atoms with Crippen LogP contribution in [0.4, 0.5) is 0 Å². The molecule has 0 saturated carbocycles. The van der Waals surface area contributed by atoms with Gasteiger partial charge in [0.15, 0.2) is 6.29 Å². The zero-order chi connectivity index (χ0) is 12.1. The summed E-state index contributed by atoms with van der Waals surface area (Å²) in [5.74, 6) is 0.666. The molecule has 0 saturated heterocycles. The van der Waals surface area contributed by atoms with Crippen molar-refractivity contribution in [3.8, 4) is 5.75 Å². The fourth-order valence-corrected chi connectivity index (χ4v) is 1.69. The molecule has 1 aromatic heterocycles. The van der Waals surface area contributed by atoms with Crippen molar-refractivity contribution in [2.45, 2.75) is 6.61 Å². The number of ether oxygens (including phenoxy) is 1. The van der Waals surface area contributed by atoms with E-state index in [1.807, 2.05) is 18.2 Å². The second kappa shape index (κ2) is 5.59. The summed E-state index contributed by atoms with van der Waals surface area (Å²) < 4.78 is 6.33. The smallest absolute Gasteiger partial charge is 0.151 e. The second-order valence-electron chi connectivity index (χ2n) is 3.45. The van der Waals surface area contributed by atoms with Crippen LogP contribution in [0.1, 0.15) is 15.9 Å². The molecule has 2 aromatic rings. The minimum absolute atomic E-state index is 0.438. The molecule has 17 heavy (non-hydrogen) atoms. The summed E-state index contributed by atoms with van der Waals surface area (Å²) in [7, 11) is 0. The van der Waals surface area contributed by atoms with Crippen LogP contribution < -0.4 is 4.74 Å². The first kappa shape index (κ1) is 11.8. The van der Waals surface area contributed by atoms with Gasteiger partial charge in [-0.1, -0.05) is 22.0 Å². The van der Waals surface area contributed by atoms with E-state index < -0.39 is 0 Å². The largest absolute Gasteiger partial charge is 0.489 e. The van der Waals surface area contributed by atoms with Crippen molar-refractivity contribution in [2.24, 2.45) is 0 Å². The summed E-state index contributed by atoms with van der Waals surface area (Å²) in [6.07, 6.45) is 4.26. The van der Waals surface area contributed by atoms with Crippen LogP contribution in [0.25, 0.3) is 0 Å². The molecule has 0 aliphatic heterocycles.